The average Bonchev–Trinajstić information content (AvgIpc) is 2.96. The van der Waals surface area contributed by atoms with Crippen molar-refractivity contribution in [3.63, 3.8) is 0 Å². The van der Waals surface area contributed by atoms with Crippen molar-refractivity contribution >= 4 is 17.3 Å². The Bertz CT molecular complexity index is 677. The van der Waals surface area contributed by atoms with E-state index in [1.54, 1.807) is 11.3 Å². The van der Waals surface area contributed by atoms with Crippen molar-refractivity contribution in [2.75, 3.05) is 6.54 Å². The number of hydrogen-bond donors (Lipinski definition) is 1. The lowest BCUT2D eigenvalue weighted by molar-refractivity contribution is -0.145. The number of hydrogen-bond acceptors (Lipinski definition) is 3. The number of likely N-dealkylation sites (tertiary alicyclic amines) is 1. The predicted octanol–water partition coefficient (Wildman–Crippen LogP) is 4.39. The minimum Gasteiger partial charge on any atom is -0.480 e. The van der Waals surface area contributed by atoms with E-state index in [4.69, 9.17) is 0 Å². The fourth-order valence-electron chi connectivity index (χ4n) is 3.39. The maximum absolute atomic E-state index is 11.8. The van der Waals surface area contributed by atoms with E-state index in [0.29, 0.717) is 0 Å². The number of thiophene rings is 1. The van der Waals surface area contributed by atoms with E-state index in [1.807, 2.05) is 0 Å². The Hall–Kier alpha value is -1.65. The Morgan fingerprint density at radius 1 is 1.22 bits per heavy atom. The number of aliphatic carboxylic acids is 1. The summed E-state index contributed by atoms with van der Waals surface area (Å²) in [6, 6.07) is 10.4. The molecule has 2 heterocycles. The van der Waals surface area contributed by atoms with Crippen LogP contribution in [-0.2, 0) is 4.79 Å². The molecule has 1 fully saturated rings. The Morgan fingerprint density at radius 2 is 1.96 bits per heavy atom. The molecule has 1 aromatic carbocycles. The van der Waals surface area contributed by atoms with E-state index in [-0.39, 0.29) is 6.04 Å². The van der Waals surface area contributed by atoms with Gasteiger partial charge in [0.2, 0.25) is 0 Å². The zero-order valence-corrected chi connectivity index (χ0v) is 14.5. The summed E-state index contributed by atoms with van der Waals surface area (Å²) < 4.78 is 0. The summed E-state index contributed by atoms with van der Waals surface area (Å²) in [4.78, 5) is 15.2. The van der Waals surface area contributed by atoms with Gasteiger partial charge in [0.25, 0.3) is 0 Å². The summed E-state index contributed by atoms with van der Waals surface area (Å²) in [7, 11) is 0. The van der Waals surface area contributed by atoms with Crippen LogP contribution in [-0.4, -0.2) is 28.6 Å². The lowest BCUT2D eigenvalue weighted by Gasteiger charge is -2.39. The number of rotatable bonds is 4. The maximum atomic E-state index is 11.8. The molecule has 1 N–H and O–H groups in total. The summed E-state index contributed by atoms with van der Waals surface area (Å²) in [5, 5.41) is 11.8. The Labute approximate surface area is 141 Å². The van der Waals surface area contributed by atoms with Crippen LogP contribution in [0.15, 0.2) is 35.7 Å². The number of carbonyl (C=O) groups is 1. The molecule has 0 radical (unpaired) electrons. The fourth-order valence-corrected chi connectivity index (χ4v) is 4.44. The summed E-state index contributed by atoms with van der Waals surface area (Å²) in [6.07, 6.45) is 2.80. The van der Waals surface area contributed by atoms with Gasteiger partial charge in [0.15, 0.2) is 0 Å². The number of aryl methyl sites for hydroxylation is 2. The molecule has 0 bridgehead atoms. The zero-order chi connectivity index (χ0) is 16.4. The van der Waals surface area contributed by atoms with Crippen LogP contribution in [0.2, 0.25) is 0 Å². The van der Waals surface area contributed by atoms with E-state index < -0.39 is 12.0 Å². The lowest BCUT2D eigenvalue weighted by atomic mass is 9.94. The summed E-state index contributed by atoms with van der Waals surface area (Å²) in [6.45, 7) is 5.01. The molecule has 1 saturated heterocycles. The summed E-state index contributed by atoms with van der Waals surface area (Å²) >= 11 is 1.73. The van der Waals surface area contributed by atoms with Crippen LogP contribution in [0.25, 0.3) is 0 Å². The van der Waals surface area contributed by atoms with Gasteiger partial charge in [-0.05, 0) is 55.8 Å². The van der Waals surface area contributed by atoms with Crippen LogP contribution in [0.4, 0.5) is 0 Å². The molecular formula is C19H23NO2S. The Kier molecular flexibility index (Phi) is 4.83. The second kappa shape index (κ2) is 6.85. The molecule has 2 atom stereocenters. The summed E-state index contributed by atoms with van der Waals surface area (Å²) in [5.74, 6) is -0.699. The van der Waals surface area contributed by atoms with Crippen LogP contribution in [0.1, 0.15) is 46.9 Å². The number of carboxylic acids is 1. The third-order valence-electron chi connectivity index (χ3n) is 4.57. The molecule has 3 rings (SSSR count). The number of carboxylic acid groups (broad SMARTS) is 1. The van der Waals surface area contributed by atoms with Gasteiger partial charge in [0, 0.05) is 4.88 Å². The van der Waals surface area contributed by atoms with E-state index >= 15 is 0 Å². The Morgan fingerprint density at radius 3 is 2.57 bits per heavy atom. The topological polar surface area (TPSA) is 40.5 Å². The highest BCUT2D eigenvalue weighted by Crippen LogP contribution is 2.37. The molecule has 0 amide bonds. The van der Waals surface area contributed by atoms with Crippen LogP contribution in [0.3, 0.4) is 0 Å². The molecule has 3 nitrogen and oxygen atoms in total. The highest BCUT2D eigenvalue weighted by atomic mass is 32.1. The van der Waals surface area contributed by atoms with Crippen molar-refractivity contribution in [2.24, 2.45) is 0 Å². The monoisotopic (exact) mass is 329 g/mol. The van der Waals surface area contributed by atoms with Crippen LogP contribution >= 0.6 is 11.3 Å². The van der Waals surface area contributed by atoms with Crippen molar-refractivity contribution in [1.29, 1.82) is 0 Å². The normalized spacial score (nSPS) is 20.3. The van der Waals surface area contributed by atoms with Gasteiger partial charge in [0.05, 0.1) is 6.04 Å². The molecule has 0 aliphatic carbocycles. The molecule has 1 aliphatic heterocycles. The molecule has 0 spiro atoms. The number of piperidine rings is 1. The highest BCUT2D eigenvalue weighted by Gasteiger charge is 2.35. The quantitative estimate of drug-likeness (QED) is 0.904. The maximum Gasteiger partial charge on any atom is 0.320 e. The lowest BCUT2D eigenvalue weighted by Crippen LogP contribution is -2.46. The molecule has 1 aromatic heterocycles. The van der Waals surface area contributed by atoms with Gasteiger partial charge >= 0.3 is 5.97 Å². The number of nitrogens with zero attached hydrogens (tertiary/aromatic N) is 1. The van der Waals surface area contributed by atoms with E-state index in [0.717, 1.165) is 25.8 Å². The zero-order valence-electron chi connectivity index (χ0n) is 13.7. The van der Waals surface area contributed by atoms with Crippen LogP contribution < -0.4 is 0 Å². The average molecular weight is 329 g/mol. The van der Waals surface area contributed by atoms with E-state index in [1.165, 1.54) is 21.6 Å². The third kappa shape index (κ3) is 3.48. The van der Waals surface area contributed by atoms with Gasteiger partial charge in [0.1, 0.15) is 6.04 Å². The molecule has 2 unspecified atom stereocenters. The van der Waals surface area contributed by atoms with Crippen molar-refractivity contribution in [3.8, 4) is 0 Å². The largest absolute Gasteiger partial charge is 0.480 e. The first-order valence-electron chi connectivity index (χ1n) is 8.16. The first-order valence-corrected chi connectivity index (χ1v) is 9.04. The van der Waals surface area contributed by atoms with Crippen LogP contribution in [0, 0.1) is 13.8 Å². The van der Waals surface area contributed by atoms with Crippen molar-refractivity contribution < 1.29 is 9.90 Å². The highest BCUT2D eigenvalue weighted by molar-refractivity contribution is 7.10. The van der Waals surface area contributed by atoms with Crippen molar-refractivity contribution in [2.45, 2.75) is 45.2 Å². The van der Waals surface area contributed by atoms with Gasteiger partial charge in [-0.15, -0.1) is 11.3 Å². The molecule has 23 heavy (non-hydrogen) atoms. The molecule has 4 heteroatoms. The molecule has 1 aliphatic rings. The van der Waals surface area contributed by atoms with Gasteiger partial charge in [-0.25, -0.2) is 0 Å². The first kappa shape index (κ1) is 16.2. The predicted molar refractivity (Wildman–Crippen MR) is 94.1 cm³/mol. The molecule has 0 saturated carbocycles. The van der Waals surface area contributed by atoms with Crippen molar-refractivity contribution in [1.82, 2.24) is 4.90 Å². The van der Waals surface area contributed by atoms with Gasteiger partial charge in [-0.2, -0.15) is 0 Å². The smallest absolute Gasteiger partial charge is 0.320 e. The minimum atomic E-state index is -0.699. The third-order valence-corrected chi connectivity index (χ3v) is 5.68. The van der Waals surface area contributed by atoms with Gasteiger partial charge in [-0.1, -0.05) is 36.2 Å². The van der Waals surface area contributed by atoms with Gasteiger partial charge < -0.3 is 5.11 Å². The molecule has 122 valence electrons. The number of benzene rings is 1. The second-order valence-corrected chi connectivity index (χ2v) is 7.37. The van der Waals surface area contributed by atoms with Crippen molar-refractivity contribution in [3.05, 3.63) is 57.3 Å². The second-order valence-electron chi connectivity index (χ2n) is 6.43. The van der Waals surface area contributed by atoms with E-state index in [2.05, 4.69) is 54.5 Å². The van der Waals surface area contributed by atoms with Crippen LogP contribution in [0.5, 0.6) is 0 Å². The fraction of sp³-hybridized carbons (Fsp3) is 0.421. The van der Waals surface area contributed by atoms with E-state index in [9.17, 15) is 9.90 Å². The summed E-state index contributed by atoms with van der Waals surface area (Å²) in [5.41, 5.74) is 3.65. The Balaban J connectivity index is 2.03. The SMILES string of the molecule is Cc1ccc(C(c2cc(C)cs2)N2CCCCC2C(=O)O)cc1. The molecular weight excluding hydrogens is 306 g/mol. The first-order chi connectivity index (χ1) is 11.1. The molecule has 2 aromatic rings. The standard InChI is InChI=1S/C19H23NO2S/c1-13-6-8-15(9-7-13)18(17-11-14(2)12-23-17)20-10-4-3-5-16(20)19(21)22/h6-9,11-12,16,18H,3-5,10H2,1-2H3,(H,21,22). The minimum absolute atomic E-state index is 0.0377. The van der Waals surface area contributed by atoms with Gasteiger partial charge in [-0.3, -0.25) is 9.69 Å².